The maximum Gasteiger partial charge on any atom is 0.303 e. The number of carbonyl (C=O) groups is 1. The highest BCUT2D eigenvalue weighted by molar-refractivity contribution is 7.89. The van der Waals surface area contributed by atoms with Gasteiger partial charge in [0.1, 0.15) is 5.75 Å². The summed E-state index contributed by atoms with van der Waals surface area (Å²) in [7, 11) is -1.72. The molecule has 0 bridgehead atoms. The Bertz CT molecular complexity index is 894. The number of aliphatic imine (C=N–C) groups is 1. The monoisotopic (exact) mass is 422 g/mol. The van der Waals surface area contributed by atoms with E-state index in [9.17, 15) is 18.3 Å². The molecular weight excluding hydrogens is 392 g/mol. The zero-order valence-electron chi connectivity index (χ0n) is 17.3. The van der Waals surface area contributed by atoms with Crippen LogP contribution in [0.15, 0.2) is 23.2 Å². The summed E-state index contributed by atoms with van der Waals surface area (Å²) in [6.07, 6.45) is 2.04. The summed E-state index contributed by atoms with van der Waals surface area (Å²) in [6, 6.07) is 5.93. The number of fused-ring (bicyclic) bond motifs is 1. The molecule has 2 heterocycles. The van der Waals surface area contributed by atoms with Gasteiger partial charge in [0.05, 0.1) is 12.4 Å². The second-order valence-corrected chi connectivity index (χ2v) is 10.7. The van der Waals surface area contributed by atoms with Gasteiger partial charge < -0.3 is 9.84 Å². The smallest absolute Gasteiger partial charge is 0.303 e. The summed E-state index contributed by atoms with van der Waals surface area (Å²) >= 11 is 0. The van der Waals surface area contributed by atoms with Gasteiger partial charge in [-0.05, 0) is 74.3 Å². The summed E-state index contributed by atoms with van der Waals surface area (Å²) in [5, 5.41) is 8.86. The Morgan fingerprint density at radius 3 is 2.76 bits per heavy atom. The van der Waals surface area contributed by atoms with Crippen molar-refractivity contribution in [2.24, 2.45) is 16.8 Å². The molecule has 1 fully saturated rings. The highest BCUT2D eigenvalue weighted by atomic mass is 32.2. The molecule has 0 radical (unpaired) electrons. The van der Waals surface area contributed by atoms with Crippen LogP contribution in [0, 0.1) is 11.8 Å². The van der Waals surface area contributed by atoms with Gasteiger partial charge in [-0.25, -0.2) is 12.7 Å². The first kappa shape index (κ1) is 21.8. The van der Waals surface area contributed by atoms with Crippen LogP contribution in [-0.4, -0.2) is 61.5 Å². The average Bonchev–Trinajstić information content (AvgIpc) is 2.68. The van der Waals surface area contributed by atoms with E-state index in [1.54, 1.807) is 25.3 Å². The lowest BCUT2D eigenvalue weighted by atomic mass is 9.79. The van der Waals surface area contributed by atoms with Gasteiger partial charge in [0.2, 0.25) is 10.0 Å². The Kier molecular flexibility index (Phi) is 6.63. The first-order chi connectivity index (χ1) is 13.7. The molecule has 0 spiro atoms. The number of carboxylic acids is 1. The minimum atomic E-state index is -3.37. The molecule has 0 aliphatic carbocycles. The number of piperidine rings is 1. The molecule has 8 heteroatoms. The molecule has 2 atom stereocenters. The summed E-state index contributed by atoms with van der Waals surface area (Å²) < 4.78 is 32.2. The van der Waals surface area contributed by atoms with Crippen LogP contribution in [0.3, 0.4) is 0 Å². The van der Waals surface area contributed by atoms with Crippen molar-refractivity contribution in [3.63, 3.8) is 0 Å². The van der Waals surface area contributed by atoms with Gasteiger partial charge in [-0.1, -0.05) is 0 Å². The molecule has 1 N–H and O–H groups in total. The number of methoxy groups -OCH3 is 1. The Morgan fingerprint density at radius 1 is 1.34 bits per heavy atom. The molecule has 7 nitrogen and oxygen atoms in total. The Hall–Kier alpha value is -1.93. The van der Waals surface area contributed by atoms with Crippen LogP contribution in [0.5, 0.6) is 5.75 Å². The first-order valence-electron chi connectivity index (χ1n) is 10.1. The molecule has 1 aromatic rings. The van der Waals surface area contributed by atoms with E-state index in [-0.39, 0.29) is 18.3 Å². The minimum absolute atomic E-state index is 0.0579. The molecule has 1 aromatic carbocycles. The maximum absolute atomic E-state index is 12.7. The van der Waals surface area contributed by atoms with Gasteiger partial charge in [0.15, 0.2) is 0 Å². The lowest BCUT2D eigenvalue weighted by Gasteiger charge is -2.38. The van der Waals surface area contributed by atoms with E-state index in [0.717, 1.165) is 23.4 Å². The zero-order valence-corrected chi connectivity index (χ0v) is 18.1. The van der Waals surface area contributed by atoms with Crippen molar-refractivity contribution in [1.29, 1.82) is 0 Å². The van der Waals surface area contributed by atoms with Crippen molar-refractivity contribution in [2.75, 3.05) is 26.7 Å². The van der Waals surface area contributed by atoms with Gasteiger partial charge in [-0.3, -0.25) is 9.79 Å². The second kappa shape index (κ2) is 8.83. The van der Waals surface area contributed by atoms with Crippen molar-refractivity contribution in [3.05, 3.63) is 29.3 Å². The molecule has 0 unspecified atom stereocenters. The number of ether oxygens (including phenoxy) is 1. The van der Waals surface area contributed by atoms with Crippen molar-refractivity contribution in [3.8, 4) is 5.75 Å². The number of sulfonamides is 1. The predicted molar refractivity (Wildman–Crippen MR) is 112 cm³/mol. The Morgan fingerprint density at radius 2 is 2.10 bits per heavy atom. The maximum atomic E-state index is 12.7. The fraction of sp³-hybridized carbons (Fsp3) is 0.619. The van der Waals surface area contributed by atoms with Gasteiger partial charge >= 0.3 is 5.97 Å². The van der Waals surface area contributed by atoms with Crippen LogP contribution in [0.1, 0.15) is 44.2 Å². The van der Waals surface area contributed by atoms with Gasteiger partial charge in [0, 0.05) is 31.8 Å². The molecule has 160 valence electrons. The highest BCUT2D eigenvalue weighted by Gasteiger charge is 2.37. The van der Waals surface area contributed by atoms with Crippen LogP contribution < -0.4 is 4.74 Å². The summed E-state index contributed by atoms with van der Waals surface area (Å²) in [5.74, 6) is -0.158. The highest BCUT2D eigenvalue weighted by Crippen LogP contribution is 2.34. The van der Waals surface area contributed by atoms with E-state index < -0.39 is 21.2 Å². The van der Waals surface area contributed by atoms with Crippen LogP contribution >= 0.6 is 0 Å². The third kappa shape index (κ3) is 4.80. The van der Waals surface area contributed by atoms with E-state index in [4.69, 9.17) is 9.73 Å². The molecule has 1 saturated heterocycles. The molecule has 3 rings (SSSR count). The quantitative estimate of drug-likeness (QED) is 0.729. The normalized spacial score (nSPS) is 22.8. The lowest BCUT2D eigenvalue weighted by molar-refractivity contribution is -0.138. The lowest BCUT2D eigenvalue weighted by Crippen LogP contribution is -2.47. The van der Waals surface area contributed by atoms with Crippen LogP contribution in [-0.2, 0) is 21.2 Å². The third-order valence-corrected chi connectivity index (χ3v) is 8.25. The van der Waals surface area contributed by atoms with Gasteiger partial charge in [0.25, 0.3) is 0 Å². The van der Waals surface area contributed by atoms with E-state index >= 15 is 0 Å². The fourth-order valence-electron chi connectivity index (χ4n) is 4.31. The van der Waals surface area contributed by atoms with Crippen molar-refractivity contribution >= 4 is 21.7 Å². The largest absolute Gasteiger partial charge is 0.497 e. The van der Waals surface area contributed by atoms with E-state index in [1.165, 1.54) is 5.56 Å². The Labute approximate surface area is 172 Å². The minimum Gasteiger partial charge on any atom is -0.497 e. The number of nitrogens with zero attached hydrogens (tertiary/aromatic N) is 2. The number of hydrogen-bond acceptors (Lipinski definition) is 5. The number of carboxylic acid groups (broad SMARTS) is 1. The van der Waals surface area contributed by atoms with E-state index in [1.807, 2.05) is 18.2 Å². The van der Waals surface area contributed by atoms with Crippen LogP contribution in [0.25, 0.3) is 0 Å². The molecule has 0 saturated carbocycles. The third-order valence-electron chi connectivity index (χ3n) is 6.01. The molecule has 0 amide bonds. The summed E-state index contributed by atoms with van der Waals surface area (Å²) in [6.45, 7) is 4.78. The van der Waals surface area contributed by atoms with Crippen LogP contribution in [0.2, 0.25) is 0 Å². The van der Waals surface area contributed by atoms with Crippen molar-refractivity contribution < 1.29 is 23.1 Å². The van der Waals surface area contributed by atoms with E-state index in [2.05, 4.69) is 0 Å². The number of hydrogen-bond donors (Lipinski definition) is 1. The summed E-state index contributed by atoms with van der Waals surface area (Å²) in [4.78, 5) is 16.1. The number of benzene rings is 1. The zero-order chi connectivity index (χ0) is 21.2. The number of rotatable bonds is 7. The average molecular weight is 423 g/mol. The van der Waals surface area contributed by atoms with E-state index in [0.29, 0.717) is 32.5 Å². The van der Waals surface area contributed by atoms with Crippen molar-refractivity contribution in [2.45, 2.75) is 44.8 Å². The number of aliphatic carboxylic acids is 1. The topological polar surface area (TPSA) is 96.3 Å². The molecule has 2 aliphatic rings. The molecule has 29 heavy (non-hydrogen) atoms. The molecule has 2 aliphatic heterocycles. The first-order valence-corrected chi connectivity index (χ1v) is 11.6. The predicted octanol–water partition coefficient (Wildman–Crippen LogP) is 2.58. The summed E-state index contributed by atoms with van der Waals surface area (Å²) in [5.41, 5.74) is 3.18. The second-order valence-electron chi connectivity index (χ2n) is 8.16. The van der Waals surface area contributed by atoms with Gasteiger partial charge in [-0.2, -0.15) is 0 Å². The SMILES string of the molecule is COc1ccc2c(c1)CCN=C2C[C@H]1CN(S(=O)(=O)C(C)C)CC[C@H]1CC(=O)O. The van der Waals surface area contributed by atoms with Gasteiger partial charge in [-0.15, -0.1) is 0 Å². The van der Waals surface area contributed by atoms with Crippen molar-refractivity contribution in [1.82, 2.24) is 4.31 Å². The van der Waals surface area contributed by atoms with Crippen LogP contribution in [0.4, 0.5) is 0 Å². The molecular formula is C21H30N2O5S. The fourth-order valence-corrected chi connectivity index (χ4v) is 5.66. The Balaban J connectivity index is 1.85. The standard InChI is InChI=1S/C21H30N2O5S/c1-14(2)29(26,27)23-9-7-15(12-21(24)25)17(13-23)11-20-19-5-4-18(28-3)10-16(19)6-8-22-20/h4-5,10,14-15,17H,6-9,11-13H2,1-3H3,(H,24,25)/t15-,17-/m0/s1. The molecule has 0 aromatic heterocycles.